The lowest BCUT2D eigenvalue weighted by molar-refractivity contribution is -0.146. The summed E-state index contributed by atoms with van der Waals surface area (Å²) in [7, 11) is -4.26. The molecule has 0 spiro atoms. The second-order valence-electron chi connectivity index (χ2n) is 6.31. The van der Waals surface area contributed by atoms with Crippen LogP contribution >= 0.6 is 0 Å². The zero-order valence-electron chi connectivity index (χ0n) is 15.1. The maximum atomic E-state index is 14.1. The number of carbonyl (C=O) groups is 2. The molecule has 28 heavy (non-hydrogen) atoms. The second kappa shape index (κ2) is 9.16. The summed E-state index contributed by atoms with van der Waals surface area (Å²) in [5.74, 6) is -3.43. The number of carbonyl (C=O) groups excluding carboxylic acids is 2. The number of benzene rings is 1. The Kier molecular flexibility index (Phi) is 7.14. The molecule has 0 amide bonds. The van der Waals surface area contributed by atoms with Crippen LogP contribution in [0, 0.1) is 5.82 Å². The van der Waals surface area contributed by atoms with Crippen LogP contribution in [-0.4, -0.2) is 49.5 Å². The van der Waals surface area contributed by atoms with Crippen LogP contribution in [0.5, 0.6) is 5.75 Å². The molecule has 0 saturated heterocycles. The van der Waals surface area contributed by atoms with Crippen molar-refractivity contribution in [3.8, 4) is 5.75 Å². The van der Waals surface area contributed by atoms with E-state index in [1.807, 2.05) is 0 Å². The first-order chi connectivity index (χ1) is 13.1. The minimum Gasteiger partial charge on any atom is -0.480 e. The van der Waals surface area contributed by atoms with E-state index in [9.17, 15) is 22.4 Å². The van der Waals surface area contributed by atoms with E-state index >= 15 is 0 Å². The highest BCUT2D eigenvalue weighted by atomic mass is 32.2. The molecule has 2 rings (SSSR count). The summed E-state index contributed by atoms with van der Waals surface area (Å²) in [5.41, 5.74) is -0.709. The van der Waals surface area contributed by atoms with Gasteiger partial charge in [-0.3, -0.25) is 4.55 Å². The van der Waals surface area contributed by atoms with Gasteiger partial charge in [0.2, 0.25) is 0 Å². The summed E-state index contributed by atoms with van der Waals surface area (Å²) in [6, 6.07) is 3.43. The highest BCUT2D eigenvalue weighted by Crippen LogP contribution is 2.36. The average Bonchev–Trinajstić information content (AvgIpc) is 3.09. The molecular formula is C18H21FO8S. The Balaban J connectivity index is 1.94. The topological polar surface area (TPSA) is 116 Å². The molecule has 0 aliphatic heterocycles. The Morgan fingerprint density at radius 1 is 1.25 bits per heavy atom. The van der Waals surface area contributed by atoms with Gasteiger partial charge in [0.15, 0.2) is 18.2 Å². The van der Waals surface area contributed by atoms with E-state index in [1.54, 1.807) is 6.08 Å². The second-order valence-corrected chi connectivity index (χ2v) is 7.88. The summed E-state index contributed by atoms with van der Waals surface area (Å²) >= 11 is 0. The van der Waals surface area contributed by atoms with Gasteiger partial charge in [0.05, 0.1) is 5.56 Å². The number of hydrogen-bond acceptors (Lipinski definition) is 7. The maximum Gasteiger partial charge on any atom is 0.344 e. The predicted molar refractivity (Wildman–Crippen MR) is 96.1 cm³/mol. The molecule has 1 fully saturated rings. The maximum absolute atomic E-state index is 14.1. The molecule has 1 aliphatic carbocycles. The van der Waals surface area contributed by atoms with Gasteiger partial charge >= 0.3 is 11.9 Å². The van der Waals surface area contributed by atoms with Crippen LogP contribution in [0.4, 0.5) is 4.39 Å². The fraction of sp³-hybridized carbons (Fsp3) is 0.444. The molecule has 1 aromatic rings. The van der Waals surface area contributed by atoms with E-state index in [0.717, 1.165) is 18.9 Å². The van der Waals surface area contributed by atoms with Crippen molar-refractivity contribution in [1.29, 1.82) is 0 Å². The molecule has 0 atom stereocenters. The molecule has 0 heterocycles. The Morgan fingerprint density at radius 2 is 1.93 bits per heavy atom. The van der Waals surface area contributed by atoms with E-state index < -0.39 is 52.4 Å². The van der Waals surface area contributed by atoms with Crippen molar-refractivity contribution in [3.63, 3.8) is 0 Å². The summed E-state index contributed by atoms with van der Waals surface area (Å²) in [5, 5.41) is 0. The highest BCUT2D eigenvalue weighted by molar-refractivity contribution is 7.85. The lowest BCUT2D eigenvalue weighted by Crippen LogP contribution is -2.30. The van der Waals surface area contributed by atoms with Crippen molar-refractivity contribution in [3.05, 3.63) is 42.2 Å². The third-order valence-electron chi connectivity index (χ3n) is 4.23. The SMILES string of the molecule is C=CC1(Oc2cc(C(=O)OCC(=O)OCCS(=O)(=O)O)ccc2F)CCCC1. The summed E-state index contributed by atoms with van der Waals surface area (Å²) in [6.45, 7) is 2.40. The van der Waals surface area contributed by atoms with Crippen LogP contribution in [0.2, 0.25) is 0 Å². The number of hydrogen-bond donors (Lipinski definition) is 1. The van der Waals surface area contributed by atoms with E-state index in [0.29, 0.717) is 12.8 Å². The number of esters is 2. The largest absolute Gasteiger partial charge is 0.480 e. The van der Waals surface area contributed by atoms with Crippen LogP contribution in [0.1, 0.15) is 36.0 Å². The van der Waals surface area contributed by atoms with Gasteiger partial charge in [-0.05, 0) is 50.0 Å². The third kappa shape index (κ3) is 6.31. The normalized spacial score (nSPS) is 15.6. The fourth-order valence-corrected chi connectivity index (χ4v) is 3.05. The monoisotopic (exact) mass is 416 g/mol. The standard InChI is InChI=1S/C18H21FO8S/c1-2-18(7-3-4-8-18)27-15-11-13(5-6-14(15)19)17(21)26-12-16(20)25-9-10-28(22,23)24/h2,5-6,11H,1,3-4,7-10,12H2,(H,22,23,24). The fourth-order valence-electron chi connectivity index (χ4n) is 2.76. The van der Waals surface area contributed by atoms with Crippen LogP contribution in [0.3, 0.4) is 0 Å². The minimum atomic E-state index is -4.26. The van der Waals surface area contributed by atoms with E-state index in [1.165, 1.54) is 12.1 Å². The average molecular weight is 416 g/mol. The molecule has 0 aromatic heterocycles. The molecule has 1 aliphatic rings. The van der Waals surface area contributed by atoms with Gasteiger partial charge in [-0.25, -0.2) is 14.0 Å². The quantitative estimate of drug-likeness (QED) is 0.370. The van der Waals surface area contributed by atoms with E-state index in [4.69, 9.17) is 14.0 Å². The van der Waals surface area contributed by atoms with Crippen LogP contribution in [0.15, 0.2) is 30.9 Å². The molecule has 0 bridgehead atoms. The number of rotatable bonds is 9. The van der Waals surface area contributed by atoms with Gasteiger partial charge in [-0.2, -0.15) is 8.42 Å². The van der Waals surface area contributed by atoms with Gasteiger partial charge in [0, 0.05) is 0 Å². The minimum absolute atomic E-state index is 0.0284. The molecule has 154 valence electrons. The van der Waals surface area contributed by atoms with E-state index in [2.05, 4.69) is 11.3 Å². The van der Waals surface area contributed by atoms with Crippen LogP contribution in [-0.2, 0) is 24.4 Å². The molecular weight excluding hydrogens is 395 g/mol. The van der Waals surface area contributed by atoms with Crippen molar-refractivity contribution < 1.29 is 41.2 Å². The lowest BCUT2D eigenvalue weighted by atomic mass is 10.0. The van der Waals surface area contributed by atoms with Crippen molar-refractivity contribution in [2.75, 3.05) is 19.0 Å². The van der Waals surface area contributed by atoms with Gasteiger partial charge in [0.25, 0.3) is 10.1 Å². The number of ether oxygens (including phenoxy) is 3. The van der Waals surface area contributed by atoms with Gasteiger partial charge < -0.3 is 14.2 Å². The molecule has 0 unspecified atom stereocenters. The van der Waals surface area contributed by atoms with Crippen molar-refractivity contribution >= 4 is 22.1 Å². The molecule has 1 saturated carbocycles. The molecule has 0 radical (unpaired) electrons. The molecule has 1 N–H and O–H groups in total. The first kappa shape index (κ1) is 21.8. The summed E-state index contributed by atoms with van der Waals surface area (Å²) in [6.07, 6.45) is 4.87. The number of halogens is 1. The molecule has 1 aromatic carbocycles. The summed E-state index contributed by atoms with van der Waals surface area (Å²) < 4.78 is 58.7. The predicted octanol–water partition coefficient (Wildman–Crippen LogP) is 2.29. The van der Waals surface area contributed by atoms with Gasteiger partial charge in [0.1, 0.15) is 18.0 Å². The summed E-state index contributed by atoms with van der Waals surface area (Å²) in [4.78, 5) is 23.5. The molecule has 10 heteroatoms. The smallest absolute Gasteiger partial charge is 0.344 e. The lowest BCUT2D eigenvalue weighted by Gasteiger charge is -2.27. The third-order valence-corrected chi connectivity index (χ3v) is 4.91. The highest BCUT2D eigenvalue weighted by Gasteiger charge is 2.33. The van der Waals surface area contributed by atoms with Crippen molar-refractivity contribution in [1.82, 2.24) is 0 Å². The van der Waals surface area contributed by atoms with Crippen molar-refractivity contribution in [2.45, 2.75) is 31.3 Å². The Labute approximate surface area is 162 Å². The van der Waals surface area contributed by atoms with E-state index in [-0.39, 0.29) is 11.3 Å². The Hall–Kier alpha value is -2.46. The van der Waals surface area contributed by atoms with Gasteiger partial charge in [-0.15, -0.1) is 0 Å². The zero-order chi connectivity index (χ0) is 20.8. The van der Waals surface area contributed by atoms with Crippen LogP contribution < -0.4 is 4.74 Å². The van der Waals surface area contributed by atoms with Crippen molar-refractivity contribution in [2.24, 2.45) is 0 Å². The first-order valence-corrected chi connectivity index (χ1v) is 10.2. The Bertz CT molecular complexity index is 843. The zero-order valence-corrected chi connectivity index (χ0v) is 15.9. The van der Waals surface area contributed by atoms with Gasteiger partial charge in [-0.1, -0.05) is 6.58 Å². The first-order valence-electron chi connectivity index (χ1n) is 8.54. The Morgan fingerprint density at radius 3 is 2.54 bits per heavy atom. The molecule has 8 nitrogen and oxygen atoms in total. The van der Waals surface area contributed by atoms with Crippen LogP contribution in [0.25, 0.3) is 0 Å².